The fourth-order valence-corrected chi connectivity index (χ4v) is 2.42. The quantitative estimate of drug-likeness (QED) is 0.611. The van der Waals surface area contributed by atoms with Gasteiger partial charge in [0.15, 0.2) is 0 Å². The van der Waals surface area contributed by atoms with Crippen LogP contribution in [0.3, 0.4) is 0 Å². The Morgan fingerprint density at radius 1 is 1.23 bits per heavy atom. The first kappa shape index (κ1) is 8.80. The Hall–Kier alpha value is -0.780. The zero-order valence-corrected chi connectivity index (χ0v) is 8.80. The van der Waals surface area contributed by atoms with Crippen LogP contribution in [0.2, 0.25) is 0 Å². The summed E-state index contributed by atoms with van der Waals surface area (Å²) in [5.41, 5.74) is 3.58. The van der Waals surface area contributed by atoms with Crippen molar-refractivity contribution in [3.05, 3.63) is 35.4 Å². The molecular weight excluding hydrogens is 156 g/mol. The van der Waals surface area contributed by atoms with Gasteiger partial charge >= 0.3 is 0 Å². The van der Waals surface area contributed by atoms with Gasteiger partial charge in [-0.15, -0.1) is 0 Å². The Morgan fingerprint density at radius 3 is 2.62 bits per heavy atom. The van der Waals surface area contributed by atoms with Gasteiger partial charge in [-0.1, -0.05) is 45.0 Å². The smallest absolute Gasteiger partial charge is 0.00464 e. The Kier molecular flexibility index (Phi) is 1.94. The first-order valence-corrected chi connectivity index (χ1v) is 5.23. The highest BCUT2D eigenvalue weighted by molar-refractivity contribution is 5.39. The SMILES string of the molecule is CC(C)C1(C)CCc2ccccc21. The molecule has 0 spiro atoms. The summed E-state index contributed by atoms with van der Waals surface area (Å²) in [5, 5.41) is 0. The third-order valence-corrected chi connectivity index (χ3v) is 3.82. The minimum atomic E-state index is 0.427. The van der Waals surface area contributed by atoms with E-state index in [0.29, 0.717) is 5.41 Å². The first-order valence-electron chi connectivity index (χ1n) is 5.23. The highest BCUT2D eigenvalue weighted by atomic mass is 14.4. The van der Waals surface area contributed by atoms with Crippen molar-refractivity contribution in [1.29, 1.82) is 0 Å². The van der Waals surface area contributed by atoms with Gasteiger partial charge < -0.3 is 0 Å². The van der Waals surface area contributed by atoms with Crippen molar-refractivity contribution in [2.45, 2.75) is 39.0 Å². The summed E-state index contributed by atoms with van der Waals surface area (Å²) < 4.78 is 0. The Morgan fingerprint density at radius 2 is 1.92 bits per heavy atom. The number of benzene rings is 1. The fourth-order valence-electron chi connectivity index (χ4n) is 2.42. The van der Waals surface area contributed by atoms with E-state index in [0.717, 1.165) is 5.92 Å². The number of aryl methyl sites for hydroxylation is 1. The van der Waals surface area contributed by atoms with Gasteiger partial charge in [0.25, 0.3) is 0 Å². The van der Waals surface area contributed by atoms with Gasteiger partial charge in [0.1, 0.15) is 0 Å². The van der Waals surface area contributed by atoms with Crippen LogP contribution >= 0.6 is 0 Å². The maximum atomic E-state index is 2.41. The molecule has 1 aromatic rings. The number of rotatable bonds is 1. The van der Waals surface area contributed by atoms with E-state index in [4.69, 9.17) is 0 Å². The van der Waals surface area contributed by atoms with Crippen LogP contribution in [0.5, 0.6) is 0 Å². The van der Waals surface area contributed by atoms with E-state index < -0.39 is 0 Å². The molecule has 2 rings (SSSR count). The maximum absolute atomic E-state index is 2.41. The average molecular weight is 174 g/mol. The van der Waals surface area contributed by atoms with Crippen molar-refractivity contribution in [2.75, 3.05) is 0 Å². The molecule has 0 heteroatoms. The molecule has 0 heterocycles. The average Bonchev–Trinajstić information content (AvgIpc) is 2.47. The van der Waals surface area contributed by atoms with Gasteiger partial charge in [0.2, 0.25) is 0 Å². The molecule has 0 saturated carbocycles. The highest BCUT2D eigenvalue weighted by Crippen LogP contribution is 2.43. The Bertz CT molecular complexity index is 312. The second-order valence-electron chi connectivity index (χ2n) is 4.73. The van der Waals surface area contributed by atoms with Crippen LogP contribution in [-0.4, -0.2) is 0 Å². The molecule has 1 aromatic carbocycles. The molecular formula is C13H18. The minimum Gasteiger partial charge on any atom is -0.0620 e. The molecule has 1 unspecified atom stereocenters. The summed E-state index contributed by atoms with van der Waals surface area (Å²) in [6.45, 7) is 7.08. The molecule has 0 bridgehead atoms. The van der Waals surface area contributed by atoms with Crippen LogP contribution in [0.1, 0.15) is 38.3 Å². The molecule has 0 aliphatic heterocycles. The number of hydrogen-bond acceptors (Lipinski definition) is 0. The van der Waals surface area contributed by atoms with Gasteiger partial charge in [0.05, 0.1) is 0 Å². The molecule has 70 valence electrons. The third-order valence-electron chi connectivity index (χ3n) is 3.82. The zero-order valence-electron chi connectivity index (χ0n) is 8.80. The van der Waals surface area contributed by atoms with Gasteiger partial charge in [-0.25, -0.2) is 0 Å². The molecule has 0 aromatic heterocycles. The monoisotopic (exact) mass is 174 g/mol. The largest absolute Gasteiger partial charge is 0.0620 e. The van der Waals surface area contributed by atoms with E-state index in [1.165, 1.54) is 12.8 Å². The number of hydrogen-bond donors (Lipinski definition) is 0. The zero-order chi connectivity index (χ0) is 9.47. The standard InChI is InChI=1S/C13H18/c1-10(2)13(3)9-8-11-6-4-5-7-12(11)13/h4-7,10H,8-9H2,1-3H3. The van der Waals surface area contributed by atoms with Crippen LogP contribution in [0.15, 0.2) is 24.3 Å². The lowest BCUT2D eigenvalue weighted by Crippen LogP contribution is -2.25. The van der Waals surface area contributed by atoms with Gasteiger partial charge in [-0.2, -0.15) is 0 Å². The van der Waals surface area contributed by atoms with E-state index in [-0.39, 0.29) is 0 Å². The summed E-state index contributed by atoms with van der Waals surface area (Å²) in [5.74, 6) is 0.746. The molecule has 13 heavy (non-hydrogen) atoms. The molecule has 0 fully saturated rings. The van der Waals surface area contributed by atoms with Crippen molar-refractivity contribution in [1.82, 2.24) is 0 Å². The van der Waals surface area contributed by atoms with E-state index in [9.17, 15) is 0 Å². The lowest BCUT2D eigenvalue weighted by molar-refractivity contribution is 0.337. The molecule has 0 amide bonds. The molecule has 1 atom stereocenters. The van der Waals surface area contributed by atoms with Crippen molar-refractivity contribution >= 4 is 0 Å². The van der Waals surface area contributed by atoms with Crippen LogP contribution in [0, 0.1) is 5.92 Å². The first-order chi connectivity index (χ1) is 6.14. The molecule has 0 N–H and O–H groups in total. The summed E-state index contributed by atoms with van der Waals surface area (Å²) in [6, 6.07) is 8.92. The number of fused-ring (bicyclic) bond motifs is 1. The molecule has 0 saturated heterocycles. The normalized spacial score (nSPS) is 26.5. The molecule has 0 nitrogen and oxygen atoms in total. The maximum Gasteiger partial charge on any atom is -0.00464 e. The minimum absolute atomic E-state index is 0.427. The predicted molar refractivity (Wildman–Crippen MR) is 57.0 cm³/mol. The van der Waals surface area contributed by atoms with Crippen LogP contribution in [-0.2, 0) is 11.8 Å². The van der Waals surface area contributed by atoms with Gasteiger partial charge in [-0.05, 0) is 35.3 Å². The lowest BCUT2D eigenvalue weighted by Gasteiger charge is -2.30. The molecule has 0 radical (unpaired) electrons. The van der Waals surface area contributed by atoms with Crippen molar-refractivity contribution < 1.29 is 0 Å². The van der Waals surface area contributed by atoms with E-state index >= 15 is 0 Å². The van der Waals surface area contributed by atoms with E-state index in [2.05, 4.69) is 45.0 Å². The summed E-state index contributed by atoms with van der Waals surface area (Å²) >= 11 is 0. The van der Waals surface area contributed by atoms with Gasteiger partial charge in [0, 0.05) is 0 Å². The van der Waals surface area contributed by atoms with E-state index in [1.807, 2.05) is 0 Å². The summed E-state index contributed by atoms with van der Waals surface area (Å²) in [6.07, 6.45) is 2.59. The molecule has 1 aliphatic carbocycles. The third kappa shape index (κ3) is 1.20. The van der Waals surface area contributed by atoms with Crippen LogP contribution in [0.25, 0.3) is 0 Å². The van der Waals surface area contributed by atoms with Crippen LogP contribution < -0.4 is 0 Å². The van der Waals surface area contributed by atoms with Crippen molar-refractivity contribution in [2.24, 2.45) is 5.92 Å². The Balaban J connectivity index is 2.49. The second kappa shape index (κ2) is 2.87. The van der Waals surface area contributed by atoms with E-state index in [1.54, 1.807) is 11.1 Å². The Labute approximate surface area is 81.0 Å². The second-order valence-corrected chi connectivity index (χ2v) is 4.73. The van der Waals surface area contributed by atoms with Crippen LogP contribution in [0.4, 0.5) is 0 Å². The van der Waals surface area contributed by atoms with Crippen molar-refractivity contribution in [3.63, 3.8) is 0 Å². The van der Waals surface area contributed by atoms with Crippen molar-refractivity contribution in [3.8, 4) is 0 Å². The summed E-state index contributed by atoms with van der Waals surface area (Å²) in [4.78, 5) is 0. The highest BCUT2D eigenvalue weighted by Gasteiger charge is 2.36. The van der Waals surface area contributed by atoms with Gasteiger partial charge in [-0.3, -0.25) is 0 Å². The predicted octanol–water partition coefficient (Wildman–Crippen LogP) is 3.55. The summed E-state index contributed by atoms with van der Waals surface area (Å²) in [7, 11) is 0. The lowest BCUT2D eigenvalue weighted by atomic mass is 9.74. The fraction of sp³-hybridized carbons (Fsp3) is 0.538. The topological polar surface area (TPSA) is 0 Å². The molecule has 1 aliphatic rings.